The number of carbonyl (C=O) groups excluding carboxylic acids is 1. The number of amides is 1. The van der Waals surface area contributed by atoms with E-state index in [9.17, 15) is 9.18 Å². The molecule has 0 saturated carbocycles. The summed E-state index contributed by atoms with van der Waals surface area (Å²) >= 11 is 0. The zero-order valence-electron chi connectivity index (χ0n) is 7.21. The van der Waals surface area contributed by atoms with E-state index in [2.05, 4.69) is 5.32 Å². The minimum absolute atomic E-state index is 0.342. The molecule has 70 valence electrons. The van der Waals surface area contributed by atoms with Crippen molar-refractivity contribution in [3.63, 3.8) is 0 Å². The number of hydrogen-bond acceptors (Lipinski definition) is 2. The number of benzene rings is 1. The van der Waals surface area contributed by atoms with Crippen LogP contribution in [0.3, 0.4) is 0 Å². The summed E-state index contributed by atoms with van der Waals surface area (Å²) in [5.41, 5.74) is 0.471. The predicted octanol–water partition coefficient (Wildman–Crippen LogP) is 1.79. The van der Waals surface area contributed by atoms with Crippen LogP contribution in [0, 0.1) is 5.82 Å². The Kier molecular flexibility index (Phi) is 3.25. The molecular formula is C9H10FNO2. The number of rotatable bonds is 4. The van der Waals surface area contributed by atoms with Gasteiger partial charge in [-0.2, -0.15) is 0 Å². The highest BCUT2D eigenvalue weighted by Gasteiger charge is 2.03. The van der Waals surface area contributed by atoms with Crippen molar-refractivity contribution in [1.82, 2.24) is 0 Å². The second kappa shape index (κ2) is 4.45. The van der Waals surface area contributed by atoms with Crippen LogP contribution >= 0.6 is 0 Å². The summed E-state index contributed by atoms with van der Waals surface area (Å²) in [5, 5.41) is 2.42. The fourth-order valence-corrected chi connectivity index (χ4v) is 0.954. The Morgan fingerprint density at radius 2 is 2.38 bits per heavy atom. The lowest BCUT2D eigenvalue weighted by Gasteiger charge is -2.08. The molecule has 0 heterocycles. The van der Waals surface area contributed by atoms with E-state index in [4.69, 9.17) is 4.74 Å². The molecule has 0 atom stereocenters. The molecule has 0 bridgehead atoms. The van der Waals surface area contributed by atoms with Crippen LogP contribution in [0.25, 0.3) is 0 Å². The van der Waals surface area contributed by atoms with Crippen LogP contribution in [0.4, 0.5) is 10.1 Å². The van der Waals surface area contributed by atoms with Gasteiger partial charge in [-0.3, -0.25) is 4.79 Å². The first-order chi connectivity index (χ1) is 6.27. The summed E-state index contributed by atoms with van der Waals surface area (Å²) in [6.45, 7) is 2.21. The van der Waals surface area contributed by atoms with Gasteiger partial charge in [-0.1, -0.05) is 0 Å². The molecule has 0 spiro atoms. The van der Waals surface area contributed by atoms with E-state index in [1.54, 1.807) is 6.92 Å². The molecule has 0 aliphatic heterocycles. The van der Waals surface area contributed by atoms with Gasteiger partial charge in [-0.15, -0.1) is 0 Å². The lowest BCUT2D eigenvalue weighted by Crippen LogP contribution is -2.00. The second-order valence-electron chi connectivity index (χ2n) is 2.34. The van der Waals surface area contributed by atoms with Crippen LogP contribution in [0.1, 0.15) is 6.92 Å². The van der Waals surface area contributed by atoms with Crippen LogP contribution < -0.4 is 10.1 Å². The maximum absolute atomic E-state index is 12.7. The summed E-state index contributed by atoms with van der Waals surface area (Å²) in [6, 6.07) is 3.94. The van der Waals surface area contributed by atoms with Gasteiger partial charge in [-0.25, -0.2) is 4.39 Å². The van der Waals surface area contributed by atoms with Crippen molar-refractivity contribution >= 4 is 12.1 Å². The largest absolute Gasteiger partial charge is 0.492 e. The first-order valence-electron chi connectivity index (χ1n) is 3.90. The van der Waals surface area contributed by atoms with Crippen molar-refractivity contribution in [3.8, 4) is 5.75 Å². The average molecular weight is 183 g/mol. The zero-order chi connectivity index (χ0) is 9.68. The number of carbonyl (C=O) groups is 1. The smallest absolute Gasteiger partial charge is 0.211 e. The van der Waals surface area contributed by atoms with Crippen LogP contribution in [0.2, 0.25) is 0 Å². The normalized spacial score (nSPS) is 9.38. The first kappa shape index (κ1) is 9.51. The van der Waals surface area contributed by atoms with Gasteiger partial charge in [0, 0.05) is 6.07 Å². The van der Waals surface area contributed by atoms with Crippen LogP contribution in [0.15, 0.2) is 18.2 Å². The Balaban J connectivity index is 2.95. The maximum Gasteiger partial charge on any atom is 0.211 e. The third kappa shape index (κ3) is 2.43. The molecule has 0 aliphatic rings. The molecule has 0 aromatic heterocycles. The summed E-state index contributed by atoms with van der Waals surface area (Å²) in [6.07, 6.45) is 0.524. The number of ether oxygens (including phenoxy) is 1. The van der Waals surface area contributed by atoms with Gasteiger partial charge in [0.1, 0.15) is 11.6 Å². The average Bonchev–Trinajstić information content (AvgIpc) is 2.10. The molecular weight excluding hydrogens is 173 g/mol. The Bertz CT molecular complexity index is 302. The lowest BCUT2D eigenvalue weighted by atomic mass is 10.3. The fraction of sp³-hybridized carbons (Fsp3) is 0.222. The van der Waals surface area contributed by atoms with Gasteiger partial charge in [0.15, 0.2) is 0 Å². The monoisotopic (exact) mass is 183 g/mol. The van der Waals surface area contributed by atoms with Gasteiger partial charge in [0.05, 0.1) is 12.3 Å². The highest BCUT2D eigenvalue weighted by molar-refractivity contribution is 5.75. The Labute approximate surface area is 75.5 Å². The lowest BCUT2D eigenvalue weighted by molar-refractivity contribution is -0.105. The molecule has 0 saturated heterocycles. The van der Waals surface area contributed by atoms with E-state index >= 15 is 0 Å². The zero-order valence-corrected chi connectivity index (χ0v) is 7.21. The number of hydrogen-bond donors (Lipinski definition) is 1. The topological polar surface area (TPSA) is 38.3 Å². The molecule has 1 N–H and O–H groups in total. The Morgan fingerprint density at radius 1 is 1.62 bits per heavy atom. The molecule has 1 aromatic carbocycles. The van der Waals surface area contributed by atoms with Crippen molar-refractivity contribution < 1.29 is 13.9 Å². The molecule has 1 aromatic rings. The van der Waals surface area contributed by atoms with Gasteiger partial charge in [0.2, 0.25) is 6.41 Å². The number of nitrogens with one attached hydrogen (secondary N) is 1. The maximum atomic E-state index is 12.7. The van der Waals surface area contributed by atoms with E-state index in [0.29, 0.717) is 24.5 Å². The minimum atomic E-state index is -0.389. The van der Waals surface area contributed by atoms with Crippen LogP contribution in [-0.4, -0.2) is 13.0 Å². The van der Waals surface area contributed by atoms with Gasteiger partial charge in [-0.05, 0) is 19.1 Å². The Hall–Kier alpha value is -1.58. The second-order valence-corrected chi connectivity index (χ2v) is 2.34. The minimum Gasteiger partial charge on any atom is -0.492 e. The molecule has 1 amide bonds. The molecule has 4 heteroatoms. The molecule has 1 rings (SSSR count). The van der Waals surface area contributed by atoms with Crippen molar-refractivity contribution in [2.45, 2.75) is 6.92 Å². The van der Waals surface area contributed by atoms with Crippen molar-refractivity contribution in [2.75, 3.05) is 11.9 Å². The number of anilines is 1. The van der Waals surface area contributed by atoms with Gasteiger partial charge in [0.25, 0.3) is 0 Å². The molecule has 3 nitrogen and oxygen atoms in total. The van der Waals surface area contributed by atoms with Gasteiger partial charge < -0.3 is 10.1 Å². The summed E-state index contributed by atoms with van der Waals surface area (Å²) in [4.78, 5) is 10.2. The van der Waals surface area contributed by atoms with E-state index in [-0.39, 0.29) is 5.82 Å². The van der Waals surface area contributed by atoms with E-state index in [1.165, 1.54) is 18.2 Å². The third-order valence-corrected chi connectivity index (χ3v) is 1.46. The van der Waals surface area contributed by atoms with Crippen molar-refractivity contribution in [2.24, 2.45) is 0 Å². The highest BCUT2D eigenvalue weighted by atomic mass is 19.1. The summed E-state index contributed by atoms with van der Waals surface area (Å²) < 4.78 is 17.8. The predicted molar refractivity (Wildman–Crippen MR) is 47.3 cm³/mol. The first-order valence-corrected chi connectivity index (χ1v) is 3.90. The Morgan fingerprint density at radius 3 is 3.00 bits per heavy atom. The van der Waals surface area contributed by atoms with E-state index in [0.717, 1.165) is 0 Å². The fourth-order valence-electron chi connectivity index (χ4n) is 0.954. The quantitative estimate of drug-likeness (QED) is 0.723. The third-order valence-electron chi connectivity index (χ3n) is 1.46. The van der Waals surface area contributed by atoms with E-state index < -0.39 is 0 Å². The van der Waals surface area contributed by atoms with Gasteiger partial charge >= 0.3 is 0 Å². The van der Waals surface area contributed by atoms with Crippen LogP contribution in [0.5, 0.6) is 5.75 Å². The standard InChI is InChI=1S/C9H10FNO2/c1-2-13-9-5-7(10)3-4-8(9)11-6-12/h3-6H,2H2,1H3,(H,11,12). The van der Waals surface area contributed by atoms with Crippen LogP contribution in [-0.2, 0) is 4.79 Å². The van der Waals surface area contributed by atoms with Crippen molar-refractivity contribution in [3.05, 3.63) is 24.0 Å². The SMILES string of the molecule is CCOc1cc(F)ccc1NC=O. The molecule has 0 aliphatic carbocycles. The molecule has 0 fully saturated rings. The highest BCUT2D eigenvalue weighted by Crippen LogP contribution is 2.24. The number of halogens is 1. The molecule has 0 unspecified atom stereocenters. The molecule has 0 radical (unpaired) electrons. The molecule has 13 heavy (non-hydrogen) atoms. The summed E-state index contributed by atoms with van der Waals surface area (Å²) in [5.74, 6) is -0.0468. The van der Waals surface area contributed by atoms with E-state index in [1.807, 2.05) is 0 Å². The van der Waals surface area contributed by atoms with Crippen molar-refractivity contribution in [1.29, 1.82) is 0 Å². The summed E-state index contributed by atoms with van der Waals surface area (Å²) in [7, 11) is 0.